The zero-order valence-corrected chi connectivity index (χ0v) is 10.5. The fourth-order valence-electron chi connectivity index (χ4n) is 2.23. The van der Waals surface area contributed by atoms with Crippen molar-refractivity contribution in [3.63, 3.8) is 0 Å². The largest absolute Gasteiger partial charge is 0.394 e. The third kappa shape index (κ3) is 1.93. The molecule has 0 aromatic carbocycles. The highest BCUT2D eigenvalue weighted by Crippen LogP contribution is 2.29. The van der Waals surface area contributed by atoms with E-state index in [1.807, 2.05) is 0 Å². The molecule has 1 aliphatic rings. The molecule has 2 aromatic heterocycles. The van der Waals surface area contributed by atoms with E-state index in [1.54, 1.807) is 4.57 Å². The fraction of sp³-hybridized carbons (Fsp3) is 0.500. The van der Waals surface area contributed by atoms with E-state index in [-0.39, 0.29) is 24.3 Å². The van der Waals surface area contributed by atoms with Crippen LogP contribution in [0, 0.1) is 0 Å². The van der Waals surface area contributed by atoms with Crippen LogP contribution < -0.4 is 5.73 Å². The van der Waals surface area contributed by atoms with Crippen molar-refractivity contribution in [3.05, 3.63) is 11.6 Å². The van der Waals surface area contributed by atoms with Crippen LogP contribution in [0.3, 0.4) is 0 Å². The van der Waals surface area contributed by atoms with Crippen LogP contribution >= 0.6 is 11.6 Å². The van der Waals surface area contributed by atoms with Gasteiger partial charge in [-0.15, -0.1) is 0 Å². The lowest BCUT2D eigenvalue weighted by atomic mass is 10.1. The molecule has 102 valence electrons. The number of rotatable bonds is 2. The Bertz CT molecular complexity index is 618. The van der Waals surface area contributed by atoms with Crippen molar-refractivity contribution in [2.24, 2.45) is 0 Å². The summed E-state index contributed by atoms with van der Waals surface area (Å²) in [5, 5.41) is 19.2. The Labute approximate surface area is 112 Å². The molecule has 0 aliphatic carbocycles. The van der Waals surface area contributed by atoms with Gasteiger partial charge >= 0.3 is 0 Å². The second-order valence-corrected chi connectivity index (χ2v) is 4.65. The van der Waals surface area contributed by atoms with Crippen LogP contribution in [0.25, 0.3) is 11.2 Å². The minimum Gasteiger partial charge on any atom is -0.394 e. The molecule has 0 amide bonds. The lowest BCUT2D eigenvalue weighted by Crippen LogP contribution is -2.30. The number of imidazole rings is 1. The van der Waals surface area contributed by atoms with Crippen molar-refractivity contribution in [3.8, 4) is 0 Å². The first-order valence-corrected chi connectivity index (χ1v) is 6.05. The summed E-state index contributed by atoms with van der Waals surface area (Å²) in [7, 11) is 0. The molecule has 9 heteroatoms. The highest BCUT2D eigenvalue weighted by atomic mass is 35.5. The topological polar surface area (TPSA) is 119 Å². The van der Waals surface area contributed by atoms with Gasteiger partial charge in [0.1, 0.15) is 17.7 Å². The molecular formula is C10H12ClN5O3. The number of aliphatic hydroxyl groups is 2. The predicted molar refractivity (Wildman–Crippen MR) is 66.6 cm³/mol. The molecule has 4 N–H and O–H groups in total. The average Bonchev–Trinajstić information content (AvgIpc) is 2.92. The van der Waals surface area contributed by atoms with Crippen LogP contribution in [0.5, 0.6) is 0 Å². The summed E-state index contributed by atoms with van der Waals surface area (Å²) < 4.78 is 6.94. The van der Waals surface area contributed by atoms with E-state index in [2.05, 4.69) is 15.0 Å². The number of ether oxygens (including phenoxy) is 1. The third-order valence-corrected chi connectivity index (χ3v) is 3.38. The van der Waals surface area contributed by atoms with Gasteiger partial charge in [-0.05, 0) is 11.6 Å². The van der Waals surface area contributed by atoms with Crippen LogP contribution in [-0.2, 0) is 4.74 Å². The third-order valence-electron chi connectivity index (χ3n) is 3.21. The summed E-state index contributed by atoms with van der Waals surface area (Å²) in [6.07, 6.45) is 0.0396. The van der Waals surface area contributed by atoms with Gasteiger partial charge in [-0.1, -0.05) is 0 Å². The zero-order valence-electron chi connectivity index (χ0n) is 9.77. The molecule has 3 unspecified atom stereocenters. The summed E-state index contributed by atoms with van der Waals surface area (Å²) in [4.78, 5) is 12.0. The Kier molecular flexibility index (Phi) is 3.02. The first-order valence-electron chi connectivity index (χ1n) is 5.68. The smallest absolute Gasteiger partial charge is 0.226 e. The summed E-state index contributed by atoms with van der Waals surface area (Å²) in [5.74, 6) is 0.181. The van der Waals surface area contributed by atoms with E-state index in [4.69, 9.17) is 27.2 Å². The predicted octanol–water partition coefficient (Wildman–Crippen LogP) is -0.645. The maximum absolute atomic E-state index is 10.1. The Morgan fingerprint density at radius 1 is 1.53 bits per heavy atom. The molecule has 0 radical (unpaired) electrons. The van der Waals surface area contributed by atoms with Crippen LogP contribution in [0.1, 0.15) is 6.04 Å². The summed E-state index contributed by atoms with van der Waals surface area (Å²) in [6, 6.07) is -0.396. The minimum atomic E-state index is -0.850. The van der Waals surface area contributed by atoms with Crippen molar-refractivity contribution < 1.29 is 14.9 Å². The highest BCUT2D eigenvalue weighted by molar-refractivity contribution is 6.28. The number of anilines is 1. The van der Waals surface area contributed by atoms with E-state index < -0.39 is 18.2 Å². The Balaban J connectivity index is 2.07. The average molecular weight is 286 g/mol. The number of aliphatic hydroxyl groups excluding tert-OH is 2. The SMILES string of the molecule is Nc1nc(Cl)nc2c1ncn2C1COC(CO)C1O. The lowest BCUT2D eigenvalue weighted by molar-refractivity contribution is 0.00206. The maximum Gasteiger partial charge on any atom is 0.226 e. The number of halogens is 1. The molecule has 19 heavy (non-hydrogen) atoms. The highest BCUT2D eigenvalue weighted by Gasteiger charge is 2.37. The van der Waals surface area contributed by atoms with E-state index >= 15 is 0 Å². The molecule has 0 saturated carbocycles. The molecule has 0 bridgehead atoms. The van der Waals surface area contributed by atoms with Gasteiger partial charge in [-0.25, -0.2) is 4.98 Å². The molecular weight excluding hydrogens is 274 g/mol. The number of nitrogen functional groups attached to an aromatic ring is 1. The number of hydrogen-bond donors (Lipinski definition) is 3. The van der Waals surface area contributed by atoms with E-state index in [0.717, 1.165) is 0 Å². The van der Waals surface area contributed by atoms with Crippen molar-refractivity contribution in [2.45, 2.75) is 18.2 Å². The summed E-state index contributed by atoms with van der Waals surface area (Å²) in [5.41, 5.74) is 6.57. The second-order valence-electron chi connectivity index (χ2n) is 4.31. The molecule has 3 atom stereocenters. The van der Waals surface area contributed by atoms with Crippen LogP contribution in [0.4, 0.5) is 5.82 Å². The molecule has 0 spiro atoms. The molecule has 3 heterocycles. The number of nitrogens with zero attached hydrogens (tertiary/aromatic N) is 4. The van der Waals surface area contributed by atoms with Gasteiger partial charge in [0.15, 0.2) is 11.5 Å². The molecule has 2 aromatic rings. The van der Waals surface area contributed by atoms with Crippen LogP contribution in [0.2, 0.25) is 5.28 Å². The summed E-state index contributed by atoms with van der Waals surface area (Å²) in [6.45, 7) is 0.00154. The van der Waals surface area contributed by atoms with Crippen molar-refractivity contribution >= 4 is 28.6 Å². The number of fused-ring (bicyclic) bond motifs is 1. The monoisotopic (exact) mass is 285 g/mol. The van der Waals surface area contributed by atoms with Gasteiger partial charge in [0.2, 0.25) is 5.28 Å². The Morgan fingerprint density at radius 3 is 3.00 bits per heavy atom. The number of nitrogens with two attached hydrogens (primary N) is 1. The Hall–Kier alpha value is -1.48. The standard InChI is InChI=1S/C10H12ClN5O3/c11-10-14-8(12)6-9(15-10)16(3-13-6)4-2-19-5(1-17)7(4)18/h3-5,7,17-18H,1-2H2,(H2,12,14,15). The minimum absolute atomic E-state index is 0.0128. The van der Waals surface area contributed by atoms with Gasteiger partial charge < -0.3 is 25.3 Å². The maximum atomic E-state index is 10.1. The number of aromatic nitrogens is 4. The number of hydrogen-bond acceptors (Lipinski definition) is 7. The lowest BCUT2D eigenvalue weighted by Gasteiger charge is -2.17. The first-order chi connectivity index (χ1) is 9.11. The van der Waals surface area contributed by atoms with E-state index in [1.165, 1.54) is 6.33 Å². The van der Waals surface area contributed by atoms with E-state index in [9.17, 15) is 5.11 Å². The summed E-state index contributed by atoms with van der Waals surface area (Å²) >= 11 is 5.77. The Morgan fingerprint density at radius 2 is 2.32 bits per heavy atom. The van der Waals surface area contributed by atoms with Crippen molar-refractivity contribution in [1.29, 1.82) is 0 Å². The molecule has 1 saturated heterocycles. The van der Waals surface area contributed by atoms with Gasteiger partial charge in [0.25, 0.3) is 0 Å². The zero-order chi connectivity index (χ0) is 13.6. The van der Waals surface area contributed by atoms with Gasteiger partial charge in [-0.2, -0.15) is 9.97 Å². The molecule has 1 aliphatic heterocycles. The molecule has 8 nitrogen and oxygen atoms in total. The second kappa shape index (κ2) is 4.57. The van der Waals surface area contributed by atoms with Gasteiger partial charge in [-0.3, -0.25) is 0 Å². The normalized spacial score (nSPS) is 27.2. The quantitative estimate of drug-likeness (QED) is 0.628. The van der Waals surface area contributed by atoms with Crippen molar-refractivity contribution in [1.82, 2.24) is 19.5 Å². The van der Waals surface area contributed by atoms with Crippen LogP contribution in [-0.4, -0.2) is 55.2 Å². The molecule has 3 rings (SSSR count). The van der Waals surface area contributed by atoms with Crippen LogP contribution in [0.15, 0.2) is 6.33 Å². The van der Waals surface area contributed by atoms with Gasteiger partial charge in [0.05, 0.1) is 25.6 Å². The molecule has 1 fully saturated rings. The van der Waals surface area contributed by atoms with E-state index in [0.29, 0.717) is 11.2 Å². The van der Waals surface area contributed by atoms with Gasteiger partial charge in [0, 0.05) is 0 Å². The van der Waals surface area contributed by atoms with Crippen molar-refractivity contribution in [2.75, 3.05) is 18.9 Å². The fourth-order valence-corrected chi connectivity index (χ4v) is 2.40. The first kappa shape index (κ1) is 12.5.